The fourth-order valence-corrected chi connectivity index (χ4v) is 4.36. The number of benzene rings is 2. The van der Waals surface area contributed by atoms with Crippen LogP contribution in [0.15, 0.2) is 54.1 Å². The molecule has 0 aliphatic carbocycles. The lowest BCUT2D eigenvalue weighted by Crippen LogP contribution is -3.12. The van der Waals surface area contributed by atoms with Gasteiger partial charge in [-0.05, 0) is 70.0 Å². The summed E-state index contributed by atoms with van der Waals surface area (Å²) < 4.78 is 11.2. The number of nitrogens with one attached hydrogen (secondary N) is 1. The second-order valence-corrected chi connectivity index (χ2v) is 8.87. The molecule has 1 saturated heterocycles. The molecule has 1 aliphatic rings. The maximum absolute atomic E-state index is 13.6. The zero-order valence-corrected chi connectivity index (χ0v) is 21.3. The van der Waals surface area contributed by atoms with Gasteiger partial charge in [0.15, 0.2) is 0 Å². The molecule has 1 unspecified atom stereocenters. The predicted octanol–water partition coefficient (Wildman–Crippen LogP) is 2.02. The van der Waals surface area contributed by atoms with Crippen molar-refractivity contribution in [2.75, 3.05) is 32.8 Å². The smallest absolute Gasteiger partial charge is 0.295 e. The van der Waals surface area contributed by atoms with Crippen molar-refractivity contribution in [3.8, 4) is 11.5 Å². The molecule has 3 rings (SSSR count). The van der Waals surface area contributed by atoms with E-state index in [1.807, 2.05) is 32.9 Å². The quantitative estimate of drug-likeness (QED) is 0.302. The molecule has 0 radical (unpaired) electrons. The molecule has 0 aromatic heterocycles. The highest BCUT2D eigenvalue weighted by atomic mass is 16.5. The van der Waals surface area contributed by atoms with Crippen molar-refractivity contribution in [1.29, 1.82) is 0 Å². The molecule has 2 aromatic carbocycles. The first-order chi connectivity index (χ1) is 16.8. The van der Waals surface area contributed by atoms with Crippen LogP contribution in [0.1, 0.15) is 51.8 Å². The maximum Gasteiger partial charge on any atom is 0.295 e. The Labute approximate surface area is 207 Å². The Kier molecular flexibility index (Phi) is 8.93. The van der Waals surface area contributed by atoms with E-state index in [0.717, 1.165) is 13.1 Å². The zero-order valence-electron chi connectivity index (χ0n) is 21.3. The van der Waals surface area contributed by atoms with Crippen molar-refractivity contribution in [2.45, 2.75) is 46.8 Å². The highest BCUT2D eigenvalue weighted by Gasteiger charge is 2.44. The molecule has 1 heterocycles. The van der Waals surface area contributed by atoms with E-state index in [2.05, 4.69) is 13.8 Å². The lowest BCUT2D eigenvalue weighted by molar-refractivity contribution is -0.895. The van der Waals surface area contributed by atoms with E-state index >= 15 is 0 Å². The summed E-state index contributed by atoms with van der Waals surface area (Å²) in [5.74, 6) is -0.456. The van der Waals surface area contributed by atoms with Crippen LogP contribution in [-0.4, -0.2) is 55.5 Å². The standard InChI is InChI=1S/C28H36N2O5/c1-6-29(7-2)17-18-30-25(20-9-13-22(14-10-20)34-8-3)24(27(32)28(30)33)26(31)21-11-15-23(16-12-21)35-19(4)5/h9-16,19,25,31H,6-8,17-18H2,1-5H3/b26-24+. The second kappa shape index (κ2) is 11.9. The highest BCUT2D eigenvalue weighted by Crippen LogP contribution is 2.39. The van der Waals surface area contributed by atoms with Gasteiger partial charge < -0.3 is 24.4 Å². The van der Waals surface area contributed by atoms with Gasteiger partial charge in [-0.25, -0.2) is 0 Å². The van der Waals surface area contributed by atoms with Crippen molar-refractivity contribution in [1.82, 2.24) is 4.90 Å². The number of carbonyl (C=O) groups is 2. The second-order valence-electron chi connectivity index (χ2n) is 8.87. The van der Waals surface area contributed by atoms with Gasteiger partial charge in [0.25, 0.3) is 5.91 Å². The lowest BCUT2D eigenvalue weighted by Gasteiger charge is -2.28. The summed E-state index contributed by atoms with van der Waals surface area (Å²) in [6.07, 6.45) is 0.00509. The van der Waals surface area contributed by atoms with Gasteiger partial charge >= 0.3 is 0 Å². The van der Waals surface area contributed by atoms with Gasteiger partial charge in [0, 0.05) is 5.57 Å². The molecule has 1 aliphatic heterocycles. The van der Waals surface area contributed by atoms with Crippen LogP contribution in [0.4, 0.5) is 0 Å². The van der Waals surface area contributed by atoms with Gasteiger partial charge in [-0.2, -0.15) is 0 Å². The number of carbonyl (C=O) groups excluding carboxylic acids is 2. The summed E-state index contributed by atoms with van der Waals surface area (Å²) >= 11 is 0. The van der Waals surface area contributed by atoms with Crippen LogP contribution in [0.5, 0.6) is 11.5 Å². The Bertz CT molecular complexity index is 1040. The first kappa shape index (κ1) is 26.3. The molecule has 0 saturated carbocycles. The molecule has 7 heteroatoms. The number of quaternary nitrogens is 1. The first-order valence-corrected chi connectivity index (χ1v) is 12.4. The predicted molar refractivity (Wildman–Crippen MR) is 133 cm³/mol. The fourth-order valence-electron chi connectivity index (χ4n) is 4.36. The molecule has 188 valence electrons. The third kappa shape index (κ3) is 6.03. The van der Waals surface area contributed by atoms with Gasteiger partial charge in [0.05, 0.1) is 44.9 Å². The number of Topliss-reactive ketones (excluding diaryl/α,β-unsaturated/α-hetero) is 1. The van der Waals surface area contributed by atoms with Crippen LogP contribution >= 0.6 is 0 Å². The minimum atomic E-state index is -0.736. The summed E-state index contributed by atoms with van der Waals surface area (Å²) in [5, 5.41) is 13.6. The summed E-state index contributed by atoms with van der Waals surface area (Å²) in [6, 6.07) is 13.2. The van der Waals surface area contributed by atoms with Crippen LogP contribution in [0, 0.1) is 0 Å². The topological polar surface area (TPSA) is 83.3 Å². The average Bonchev–Trinajstić information content (AvgIpc) is 3.10. The summed E-state index contributed by atoms with van der Waals surface area (Å²) in [5.41, 5.74) is 1.06. The molecule has 1 fully saturated rings. The molecule has 7 nitrogen and oxygen atoms in total. The number of amides is 1. The summed E-state index contributed by atoms with van der Waals surface area (Å²) in [4.78, 5) is 29.2. The number of hydrogen-bond acceptors (Lipinski definition) is 5. The number of nitrogens with zero attached hydrogens (tertiary/aromatic N) is 1. The van der Waals surface area contributed by atoms with E-state index in [1.165, 1.54) is 4.90 Å². The van der Waals surface area contributed by atoms with Crippen LogP contribution in [0.3, 0.4) is 0 Å². The van der Waals surface area contributed by atoms with E-state index in [9.17, 15) is 14.7 Å². The largest absolute Gasteiger partial charge is 0.872 e. The van der Waals surface area contributed by atoms with Crippen LogP contribution < -0.4 is 19.5 Å². The number of rotatable bonds is 11. The number of ether oxygens (including phenoxy) is 2. The third-order valence-corrected chi connectivity index (χ3v) is 6.23. The number of likely N-dealkylation sites (tertiary alicyclic amines) is 1. The number of ketones is 1. The Morgan fingerprint density at radius 1 is 0.971 bits per heavy atom. The van der Waals surface area contributed by atoms with E-state index in [-0.39, 0.29) is 11.7 Å². The van der Waals surface area contributed by atoms with E-state index in [4.69, 9.17) is 9.47 Å². The van der Waals surface area contributed by atoms with Crippen LogP contribution in [-0.2, 0) is 9.59 Å². The molecule has 0 spiro atoms. The van der Waals surface area contributed by atoms with Gasteiger partial charge in [-0.3, -0.25) is 9.59 Å². The SMILES string of the molecule is CCOc1ccc(C2/C(=C(\[O-])c3ccc(OC(C)C)cc3)C(=O)C(=O)N2CC[NH+](CC)CC)cc1. The average molecular weight is 481 g/mol. The van der Waals surface area contributed by atoms with Crippen molar-refractivity contribution < 1.29 is 29.1 Å². The van der Waals surface area contributed by atoms with Crippen LogP contribution in [0.25, 0.3) is 5.76 Å². The van der Waals surface area contributed by atoms with Gasteiger partial charge in [0.1, 0.15) is 11.5 Å². The minimum Gasteiger partial charge on any atom is -0.872 e. The minimum absolute atomic E-state index is 0.00509. The Balaban J connectivity index is 2.04. The van der Waals surface area contributed by atoms with Crippen molar-refractivity contribution in [2.24, 2.45) is 0 Å². The normalized spacial score (nSPS) is 17.5. The molecule has 35 heavy (non-hydrogen) atoms. The molecule has 1 atom stereocenters. The Morgan fingerprint density at radius 2 is 1.57 bits per heavy atom. The molecule has 0 bridgehead atoms. The summed E-state index contributed by atoms with van der Waals surface area (Å²) in [6.45, 7) is 13.4. The van der Waals surface area contributed by atoms with Crippen molar-refractivity contribution in [3.63, 3.8) is 0 Å². The van der Waals surface area contributed by atoms with Crippen LogP contribution in [0.2, 0.25) is 0 Å². The first-order valence-electron chi connectivity index (χ1n) is 12.4. The van der Waals surface area contributed by atoms with Gasteiger partial charge in [0.2, 0.25) is 5.78 Å². The van der Waals surface area contributed by atoms with E-state index < -0.39 is 23.5 Å². The van der Waals surface area contributed by atoms with Gasteiger partial charge in [-0.1, -0.05) is 30.0 Å². The summed E-state index contributed by atoms with van der Waals surface area (Å²) in [7, 11) is 0. The molecule has 1 N–H and O–H groups in total. The molecular weight excluding hydrogens is 444 g/mol. The molecule has 1 amide bonds. The molecule has 2 aromatic rings. The maximum atomic E-state index is 13.6. The lowest BCUT2D eigenvalue weighted by atomic mass is 9.95. The zero-order chi connectivity index (χ0) is 25.5. The van der Waals surface area contributed by atoms with E-state index in [0.29, 0.717) is 42.3 Å². The fraction of sp³-hybridized carbons (Fsp3) is 0.429. The Hall–Kier alpha value is -3.32. The van der Waals surface area contributed by atoms with Crippen molar-refractivity contribution in [3.05, 3.63) is 65.2 Å². The highest BCUT2D eigenvalue weighted by molar-refractivity contribution is 6.46. The van der Waals surface area contributed by atoms with E-state index in [1.54, 1.807) is 41.3 Å². The van der Waals surface area contributed by atoms with Gasteiger partial charge in [-0.15, -0.1) is 0 Å². The monoisotopic (exact) mass is 480 g/mol. The van der Waals surface area contributed by atoms with Crippen molar-refractivity contribution >= 4 is 17.4 Å². The number of hydrogen-bond donors (Lipinski definition) is 1. The molecular formula is C28H36N2O5. The third-order valence-electron chi connectivity index (χ3n) is 6.23. The Morgan fingerprint density at radius 3 is 2.11 bits per heavy atom. The number of likely N-dealkylation sites (N-methyl/N-ethyl adjacent to an activating group) is 1.